The number of carbonyl (C=O) groups is 1. The van der Waals surface area contributed by atoms with E-state index in [-0.39, 0.29) is 11.9 Å². The maximum absolute atomic E-state index is 12.0. The molecule has 114 valence electrons. The molecule has 1 heterocycles. The molecule has 4 nitrogen and oxygen atoms in total. The van der Waals surface area contributed by atoms with E-state index in [9.17, 15) is 4.79 Å². The smallest absolute Gasteiger partial charge is 0.220 e. The molecule has 1 saturated heterocycles. The molecule has 0 radical (unpaired) electrons. The first-order chi connectivity index (χ1) is 10.2. The fourth-order valence-corrected chi connectivity index (χ4v) is 3.13. The number of nitrogens with two attached hydrogens (primary N) is 1. The zero-order valence-corrected chi connectivity index (χ0v) is 12.5. The van der Waals surface area contributed by atoms with Crippen molar-refractivity contribution in [2.45, 2.75) is 50.2 Å². The number of likely N-dealkylation sites (tertiary alicyclic amines) is 1. The number of hydrogen-bond donors (Lipinski definition) is 2. The number of hydrogen-bond acceptors (Lipinski definition) is 3. The summed E-state index contributed by atoms with van der Waals surface area (Å²) in [4.78, 5) is 14.6. The van der Waals surface area contributed by atoms with Crippen molar-refractivity contribution in [1.29, 1.82) is 0 Å². The largest absolute Gasteiger partial charge is 0.352 e. The minimum Gasteiger partial charge on any atom is -0.352 e. The Bertz CT molecular complexity index is 472. The number of nitrogens with one attached hydrogen (secondary N) is 1. The zero-order chi connectivity index (χ0) is 14.7. The van der Waals surface area contributed by atoms with Gasteiger partial charge in [0.1, 0.15) is 0 Å². The molecule has 0 spiro atoms. The van der Waals surface area contributed by atoms with Crippen LogP contribution < -0.4 is 11.1 Å². The molecule has 1 aromatic rings. The van der Waals surface area contributed by atoms with Crippen LogP contribution >= 0.6 is 0 Å². The summed E-state index contributed by atoms with van der Waals surface area (Å²) in [6.07, 6.45) is 4.98. The highest BCUT2D eigenvalue weighted by Gasteiger charge is 2.34. The van der Waals surface area contributed by atoms with E-state index in [0.717, 1.165) is 31.1 Å². The van der Waals surface area contributed by atoms with Crippen LogP contribution in [-0.2, 0) is 4.79 Å². The maximum Gasteiger partial charge on any atom is 0.220 e. The van der Waals surface area contributed by atoms with Crippen molar-refractivity contribution in [1.82, 2.24) is 10.2 Å². The Hall–Kier alpha value is -1.39. The van der Waals surface area contributed by atoms with Crippen molar-refractivity contribution in [3.05, 3.63) is 35.9 Å². The van der Waals surface area contributed by atoms with Crippen LogP contribution in [0.4, 0.5) is 0 Å². The summed E-state index contributed by atoms with van der Waals surface area (Å²) in [6.45, 7) is 2.17. The zero-order valence-electron chi connectivity index (χ0n) is 12.5. The topological polar surface area (TPSA) is 58.4 Å². The first kappa shape index (κ1) is 14.5. The first-order valence-electron chi connectivity index (χ1n) is 8.06. The molecule has 1 aliphatic heterocycles. The number of nitrogens with zero attached hydrogens (tertiary/aromatic N) is 1. The predicted octanol–water partition coefficient (Wildman–Crippen LogP) is 1.82. The third-order valence-electron chi connectivity index (χ3n) is 4.56. The van der Waals surface area contributed by atoms with Crippen LogP contribution in [0.5, 0.6) is 0 Å². The van der Waals surface area contributed by atoms with E-state index in [1.807, 2.05) is 30.3 Å². The summed E-state index contributed by atoms with van der Waals surface area (Å²) in [5, 5.41) is 3.16. The predicted molar refractivity (Wildman–Crippen MR) is 83.7 cm³/mol. The molecule has 3 rings (SSSR count). The maximum atomic E-state index is 12.0. The van der Waals surface area contributed by atoms with E-state index in [2.05, 4.69) is 10.2 Å². The van der Waals surface area contributed by atoms with Gasteiger partial charge in [-0.15, -0.1) is 0 Å². The lowest BCUT2D eigenvalue weighted by Crippen LogP contribution is -2.37. The van der Waals surface area contributed by atoms with Gasteiger partial charge in [-0.1, -0.05) is 30.3 Å². The number of rotatable bonds is 6. The van der Waals surface area contributed by atoms with E-state index in [1.54, 1.807) is 0 Å². The van der Waals surface area contributed by atoms with Crippen molar-refractivity contribution in [2.24, 2.45) is 5.73 Å². The number of benzene rings is 1. The van der Waals surface area contributed by atoms with Crippen LogP contribution in [-0.4, -0.2) is 36.0 Å². The Kier molecular flexibility index (Phi) is 4.56. The van der Waals surface area contributed by atoms with E-state index >= 15 is 0 Å². The van der Waals surface area contributed by atoms with Crippen molar-refractivity contribution < 1.29 is 4.79 Å². The standard InChI is InChI=1S/C17H25N3O/c18-16(13-4-2-1-3-5-13)8-9-17(21)19-14-10-11-20(12-14)15-6-7-15/h1-5,14-16H,6-12,18H2,(H,19,21). The van der Waals surface area contributed by atoms with Crippen molar-refractivity contribution in [2.75, 3.05) is 13.1 Å². The molecule has 1 saturated carbocycles. The molecule has 1 aliphatic carbocycles. The highest BCUT2D eigenvalue weighted by atomic mass is 16.1. The average Bonchev–Trinajstić information content (AvgIpc) is 3.26. The number of carbonyl (C=O) groups excluding carboxylic acids is 1. The molecule has 2 fully saturated rings. The van der Waals surface area contributed by atoms with Gasteiger partial charge in [-0.3, -0.25) is 9.69 Å². The summed E-state index contributed by atoms with van der Waals surface area (Å²) >= 11 is 0. The highest BCUT2D eigenvalue weighted by molar-refractivity contribution is 5.76. The van der Waals surface area contributed by atoms with Crippen molar-refractivity contribution in [3.63, 3.8) is 0 Å². The molecule has 0 bridgehead atoms. The molecule has 0 aromatic heterocycles. The summed E-state index contributed by atoms with van der Waals surface area (Å²) in [5.74, 6) is 0.143. The van der Waals surface area contributed by atoms with Crippen molar-refractivity contribution in [3.8, 4) is 0 Å². The molecule has 3 N–H and O–H groups in total. The van der Waals surface area contributed by atoms with Gasteiger partial charge in [0.25, 0.3) is 0 Å². The second kappa shape index (κ2) is 6.58. The van der Waals surface area contributed by atoms with Gasteiger partial charge in [0, 0.05) is 37.6 Å². The summed E-state index contributed by atoms with van der Waals surface area (Å²) in [6, 6.07) is 11.1. The molecule has 2 aliphatic rings. The molecule has 1 aromatic carbocycles. The van der Waals surface area contributed by atoms with E-state index in [0.29, 0.717) is 18.9 Å². The second-order valence-corrected chi connectivity index (χ2v) is 6.34. The van der Waals surface area contributed by atoms with Gasteiger partial charge in [0.2, 0.25) is 5.91 Å². The van der Waals surface area contributed by atoms with E-state index in [1.165, 1.54) is 12.8 Å². The fraction of sp³-hybridized carbons (Fsp3) is 0.588. The third-order valence-corrected chi connectivity index (χ3v) is 4.56. The van der Waals surface area contributed by atoms with Gasteiger partial charge in [0.05, 0.1) is 0 Å². The van der Waals surface area contributed by atoms with Crippen LogP contribution in [0, 0.1) is 0 Å². The average molecular weight is 287 g/mol. The van der Waals surface area contributed by atoms with E-state index in [4.69, 9.17) is 5.73 Å². The minimum absolute atomic E-state index is 0.0523. The normalized spacial score (nSPS) is 24.0. The third kappa shape index (κ3) is 4.05. The van der Waals surface area contributed by atoms with Gasteiger partial charge in [0.15, 0.2) is 0 Å². The Morgan fingerprint density at radius 1 is 1.29 bits per heavy atom. The van der Waals surface area contributed by atoms with Crippen LogP contribution in [0.1, 0.15) is 43.7 Å². The second-order valence-electron chi connectivity index (χ2n) is 6.34. The molecule has 21 heavy (non-hydrogen) atoms. The quantitative estimate of drug-likeness (QED) is 0.839. The Balaban J connectivity index is 1.38. The Morgan fingerprint density at radius 2 is 2.05 bits per heavy atom. The molecule has 1 amide bonds. The molecule has 2 unspecified atom stereocenters. The summed E-state index contributed by atoms with van der Waals surface area (Å²) < 4.78 is 0. The van der Waals surface area contributed by atoms with Crippen LogP contribution in [0.2, 0.25) is 0 Å². The lowest BCUT2D eigenvalue weighted by molar-refractivity contribution is -0.121. The molecule has 2 atom stereocenters. The lowest BCUT2D eigenvalue weighted by Gasteiger charge is -2.16. The van der Waals surface area contributed by atoms with Crippen LogP contribution in [0.15, 0.2) is 30.3 Å². The molecule has 4 heteroatoms. The fourth-order valence-electron chi connectivity index (χ4n) is 3.13. The Labute approximate surface area is 126 Å². The van der Waals surface area contributed by atoms with Gasteiger partial charge in [-0.2, -0.15) is 0 Å². The van der Waals surface area contributed by atoms with Crippen LogP contribution in [0.3, 0.4) is 0 Å². The molecular formula is C17H25N3O. The van der Waals surface area contributed by atoms with Gasteiger partial charge < -0.3 is 11.1 Å². The SMILES string of the molecule is NC(CCC(=O)NC1CCN(C2CC2)C1)c1ccccc1. The van der Waals surface area contributed by atoms with E-state index < -0.39 is 0 Å². The minimum atomic E-state index is -0.0523. The summed E-state index contributed by atoms with van der Waals surface area (Å²) in [5.41, 5.74) is 7.24. The lowest BCUT2D eigenvalue weighted by atomic mass is 10.0. The van der Waals surface area contributed by atoms with Gasteiger partial charge in [-0.05, 0) is 31.2 Å². The molecular weight excluding hydrogens is 262 g/mol. The summed E-state index contributed by atoms with van der Waals surface area (Å²) in [7, 11) is 0. The van der Waals surface area contributed by atoms with Gasteiger partial charge >= 0.3 is 0 Å². The number of amides is 1. The first-order valence-corrected chi connectivity index (χ1v) is 8.06. The highest BCUT2D eigenvalue weighted by Crippen LogP contribution is 2.29. The van der Waals surface area contributed by atoms with Crippen LogP contribution in [0.25, 0.3) is 0 Å². The Morgan fingerprint density at radius 3 is 2.76 bits per heavy atom. The van der Waals surface area contributed by atoms with Gasteiger partial charge in [-0.25, -0.2) is 0 Å². The van der Waals surface area contributed by atoms with Crippen molar-refractivity contribution >= 4 is 5.91 Å². The monoisotopic (exact) mass is 287 g/mol.